The molecule has 2 aliphatic rings. The van der Waals surface area contributed by atoms with E-state index in [1.807, 2.05) is 0 Å². The lowest BCUT2D eigenvalue weighted by molar-refractivity contribution is 0.0425. The summed E-state index contributed by atoms with van der Waals surface area (Å²) in [5.74, 6) is 0. The topological polar surface area (TPSA) is 15.3 Å². The van der Waals surface area contributed by atoms with E-state index in [0.29, 0.717) is 16.9 Å². The third kappa shape index (κ3) is 4.36. The van der Waals surface area contributed by atoms with Crippen LogP contribution in [-0.4, -0.2) is 36.6 Å². The van der Waals surface area contributed by atoms with E-state index in [0.717, 1.165) is 6.04 Å². The maximum atomic E-state index is 3.92. The van der Waals surface area contributed by atoms with Crippen molar-refractivity contribution in [1.82, 2.24) is 10.2 Å². The van der Waals surface area contributed by atoms with Gasteiger partial charge in [0.25, 0.3) is 0 Å². The van der Waals surface area contributed by atoms with Crippen LogP contribution in [0.4, 0.5) is 0 Å². The van der Waals surface area contributed by atoms with Crippen molar-refractivity contribution in [3.8, 4) is 0 Å². The summed E-state index contributed by atoms with van der Waals surface area (Å²) in [5.41, 5.74) is 1.30. The molecule has 2 rings (SSSR count). The molecule has 1 saturated heterocycles. The number of hydrogen-bond donors (Lipinski definition) is 1. The molecule has 24 heavy (non-hydrogen) atoms. The van der Waals surface area contributed by atoms with E-state index < -0.39 is 0 Å². The molecule has 1 saturated carbocycles. The van der Waals surface area contributed by atoms with Gasteiger partial charge >= 0.3 is 0 Å². The molecule has 1 aliphatic carbocycles. The number of nitrogens with one attached hydrogen (secondary N) is 1. The Morgan fingerprint density at radius 3 is 2.00 bits per heavy atom. The van der Waals surface area contributed by atoms with Crippen LogP contribution in [0.25, 0.3) is 0 Å². The summed E-state index contributed by atoms with van der Waals surface area (Å²) in [7, 11) is 0. The van der Waals surface area contributed by atoms with Crippen LogP contribution in [0.15, 0.2) is 0 Å². The third-order valence-electron chi connectivity index (χ3n) is 7.63. The molecular formula is C22H44N2. The Labute approximate surface area is 152 Å². The van der Waals surface area contributed by atoms with Crippen molar-refractivity contribution in [3.63, 3.8) is 0 Å². The predicted octanol–water partition coefficient (Wildman–Crippen LogP) is 5.62. The van der Waals surface area contributed by atoms with Crippen LogP contribution < -0.4 is 5.32 Å². The third-order valence-corrected chi connectivity index (χ3v) is 7.63. The van der Waals surface area contributed by atoms with Crippen LogP contribution in [0, 0.1) is 10.8 Å². The Kier molecular flexibility index (Phi) is 7.61. The Hall–Kier alpha value is -0.0800. The number of nitrogens with zero attached hydrogens (tertiary/aromatic N) is 1. The van der Waals surface area contributed by atoms with Gasteiger partial charge in [0.2, 0.25) is 0 Å². The van der Waals surface area contributed by atoms with Crippen molar-refractivity contribution < 1.29 is 0 Å². The Balaban J connectivity index is 1.99. The second-order valence-corrected chi connectivity index (χ2v) is 8.93. The fourth-order valence-electron chi connectivity index (χ4n) is 6.12. The molecule has 1 heterocycles. The van der Waals surface area contributed by atoms with E-state index in [-0.39, 0.29) is 0 Å². The monoisotopic (exact) mass is 336 g/mol. The van der Waals surface area contributed by atoms with Crippen molar-refractivity contribution >= 4 is 0 Å². The zero-order valence-electron chi connectivity index (χ0n) is 17.3. The lowest BCUT2D eigenvalue weighted by atomic mass is 9.58. The molecular weight excluding hydrogens is 292 g/mol. The second kappa shape index (κ2) is 9.03. The molecule has 0 aromatic heterocycles. The van der Waals surface area contributed by atoms with Crippen LogP contribution in [0.1, 0.15) is 98.8 Å². The number of rotatable bonds is 9. The van der Waals surface area contributed by atoms with Crippen LogP contribution in [0.3, 0.4) is 0 Å². The summed E-state index contributed by atoms with van der Waals surface area (Å²) >= 11 is 0. The van der Waals surface area contributed by atoms with Gasteiger partial charge in [-0.2, -0.15) is 0 Å². The molecule has 1 spiro atoms. The highest BCUT2D eigenvalue weighted by Crippen LogP contribution is 2.54. The highest BCUT2D eigenvalue weighted by Gasteiger charge is 2.48. The second-order valence-electron chi connectivity index (χ2n) is 8.93. The summed E-state index contributed by atoms with van der Waals surface area (Å²) in [5, 5.41) is 3.92. The zero-order chi connectivity index (χ0) is 17.6. The first kappa shape index (κ1) is 20.2. The van der Waals surface area contributed by atoms with E-state index in [4.69, 9.17) is 0 Å². The van der Waals surface area contributed by atoms with Crippen LogP contribution in [0.5, 0.6) is 0 Å². The summed E-state index contributed by atoms with van der Waals surface area (Å²) in [4.78, 5) is 2.63. The van der Waals surface area contributed by atoms with Gasteiger partial charge in [-0.1, -0.05) is 40.5 Å². The van der Waals surface area contributed by atoms with Crippen molar-refractivity contribution in [2.24, 2.45) is 10.8 Å². The fraction of sp³-hybridized carbons (Fsp3) is 1.00. The molecule has 2 heteroatoms. The average Bonchev–Trinajstić information content (AvgIpc) is 2.95. The van der Waals surface area contributed by atoms with Crippen LogP contribution in [0.2, 0.25) is 0 Å². The molecule has 0 aromatic rings. The summed E-state index contributed by atoms with van der Waals surface area (Å²) in [6.07, 6.45) is 14.4. The van der Waals surface area contributed by atoms with Crippen molar-refractivity contribution in [3.05, 3.63) is 0 Å². The molecule has 0 bridgehead atoms. The SMILES string of the molecule is CCCC1(CCC)CCC2(CCNC2CC(C)N(CC)CC)CC1. The molecule has 0 amide bonds. The molecule has 142 valence electrons. The molecule has 1 N–H and O–H groups in total. The standard InChI is InChI=1S/C22H44N2/c1-6-10-21(11-7-2)12-14-22(15-13-21)16-17-23-20(22)18-19(5)24(8-3)9-4/h19-20,23H,6-18H2,1-5H3. The van der Waals surface area contributed by atoms with E-state index in [1.165, 1.54) is 83.8 Å². The first-order chi connectivity index (χ1) is 11.5. The Morgan fingerprint density at radius 1 is 0.917 bits per heavy atom. The van der Waals surface area contributed by atoms with Gasteiger partial charge < -0.3 is 10.2 Å². The first-order valence-electron chi connectivity index (χ1n) is 11.0. The van der Waals surface area contributed by atoms with Crippen molar-refractivity contribution in [1.29, 1.82) is 0 Å². The summed E-state index contributed by atoms with van der Waals surface area (Å²) in [6.45, 7) is 15.5. The lowest BCUT2D eigenvalue weighted by Crippen LogP contribution is -2.46. The first-order valence-corrected chi connectivity index (χ1v) is 11.0. The van der Waals surface area contributed by atoms with E-state index in [2.05, 4.69) is 44.8 Å². The maximum Gasteiger partial charge on any atom is 0.0139 e. The fourth-order valence-corrected chi connectivity index (χ4v) is 6.12. The Bertz CT molecular complexity index is 345. The quantitative estimate of drug-likeness (QED) is 0.588. The predicted molar refractivity (Wildman–Crippen MR) is 107 cm³/mol. The largest absolute Gasteiger partial charge is 0.313 e. The van der Waals surface area contributed by atoms with Gasteiger partial charge in [-0.05, 0) is 88.8 Å². The average molecular weight is 337 g/mol. The van der Waals surface area contributed by atoms with Crippen molar-refractivity contribution in [2.75, 3.05) is 19.6 Å². The Morgan fingerprint density at radius 2 is 1.50 bits per heavy atom. The van der Waals surface area contributed by atoms with Gasteiger partial charge in [-0.3, -0.25) is 0 Å². The highest BCUT2D eigenvalue weighted by atomic mass is 15.1. The minimum Gasteiger partial charge on any atom is -0.313 e. The molecule has 2 unspecified atom stereocenters. The van der Waals surface area contributed by atoms with E-state index in [1.54, 1.807) is 0 Å². The van der Waals surface area contributed by atoms with Crippen LogP contribution >= 0.6 is 0 Å². The van der Waals surface area contributed by atoms with Gasteiger partial charge in [0.1, 0.15) is 0 Å². The summed E-state index contributed by atoms with van der Waals surface area (Å²) < 4.78 is 0. The highest BCUT2D eigenvalue weighted by molar-refractivity contribution is 5.03. The van der Waals surface area contributed by atoms with Gasteiger partial charge in [0, 0.05) is 12.1 Å². The number of hydrogen-bond acceptors (Lipinski definition) is 2. The smallest absolute Gasteiger partial charge is 0.0139 e. The molecule has 0 aromatic carbocycles. The van der Waals surface area contributed by atoms with Crippen LogP contribution in [-0.2, 0) is 0 Å². The van der Waals surface area contributed by atoms with Crippen molar-refractivity contribution in [2.45, 2.75) is 111 Å². The normalized spacial score (nSPS) is 27.0. The minimum atomic E-state index is 0.617. The van der Waals surface area contributed by atoms with Gasteiger partial charge in [-0.25, -0.2) is 0 Å². The molecule has 2 atom stereocenters. The van der Waals surface area contributed by atoms with Gasteiger partial charge in [-0.15, -0.1) is 0 Å². The van der Waals surface area contributed by atoms with E-state index >= 15 is 0 Å². The molecule has 0 radical (unpaired) electrons. The maximum absolute atomic E-state index is 3.92. The summed E-state index contributed by atoms with van der Waals surface area (Å²) in [6, 6.07) is 1.47. The molecule has 2 nitrogen and oxygen atoms in total. The zero-order valence-corrected chi connectivity index (χ0v) is 17.3. The minimum absolute atomic E-state index is 0.617. The molecule has 2 fully saturated rings. The van der Waals surface area contributed by atoms with Gasteiger partial charge in [0.15, 0.2) is 0 Å². The lowest BCUT2D eigenvalue weighted by Gasteiger charge is -2.48. The molecule has 1 aliphatic heterocycles. The van der Waals surface area contributed by atoms with E-state index in [9.17, 15) is 0 Å². The van der Waals surface area contributed by atoms with Gasteiger partial charge in [0.05, 0.1) is 0 Å².